The molecule has 0 unspecified atom stereocenters. The Bertz CT molecular complexity index is 738. The number of carbonyl (C=O) groups is 2. The van der Waals surface area contributed by atoms with E-state index in [1.54, 1.807) is 26.8 Å². The van der Waals surface area contributed by atoms with Crippen LogP contribution in [0.25, 0.3) is 10.8 Å². The van der Waals surface area contributed by atoms with Gasteiger partial charge in [0.2, 0.25) is 0 Å². The summed E-state index contributed by atoms with van der Waals surface area (Å²) < 4.78 is 19.5. The van der Waals surface area contributed by atoms with Crippen molar-refractivity contribution in [3.63, 3.8) is 0 Å². The predicted molar refractivity (Wildman–Crippen MR) is 81.7 cm³/mol. The fraction of sp³-hybridized carbons (Fsp3) is 0.312. The molecule has 0 aliphatic heterocycles. The summed E-state index contributed by atoms with van der Waals surface area (Å²) in [5.74, 6) is -0.580. The number of carbonyl (C=O) groups excluding carboxylic acids is 2. The molecule has 0 saturated heterocycles. The number of anilines is 1. The Kier molecular flexibility index (Phi) is 4.12. The minimum Gasteiger partial charge on any atom is -0.443 e. The van der Waals surface area contributed by atoms with Gasteiger partial charge in [-0.2, -0.15) is 0 Å². The molecule has 22 heavy (non-hydrogen) atoms. The maximum Gasteiger partial charge on any atom is 0.414 e. The van der Waals surface area contributed by atoms with E-state index in [4.69, 9.17) is 4.74 Å². The van der Waals surface area contributed by atoms with Crippen molar-refractivity contribution >= 4 is 28.8 Å². The number of nitrogens with zero attached hydrogens (tertiary/aromatic N) is 2. The van der Waals surface area contributed by atoms with Crippen LogP contribution in [0.5, 0.6) is 0 Å². The van der Waals surface area contributed by atoms with Crippen LogP contribution in [0.2, 0.25) is 0 Å². The quantitative estimate of drug-likeness (QED) is 0.796. The maximum absolute atomic E-state index is 14.2. The molecule has 0 saturated carbocycles. The van der Waals surface area contributed by atoms with Crippen LogP contribution < -0.4 is 4.90 Å². The largest absolute Gasteiger partial charge is 0.443 e. The molecule has 5 nitrogen and oxygen atoms in total. The number of pyridine rings is 1. The number of aldehydes is 1. The molecule has 1 aromatic carbocycles. The first-order valence-electron chi connectivity index (χ1n) is 6.73. The molecule has 2 rings (SSSR count). The Labute approximate surface area is 127 Å². The van der Waals surface area contributed by atoms with E-state index >= 15 is 0 Å². The van der Waals surface area contributed by atoms with Crippen molar-refractivity contribution in [3.8, 4) is 0 Å². The molecule has 0 aliphatic rings. The summed E-state index contributed by atoms with van der Waals surface area (Å²) in [6.45, 7) is 5.19. The molecule has 6 heteroatoms. The number of hydrogen-bond acceptors (Lipinski definition) is 4. The monoisotopic (exact) mass is 304 g/mol. The van der Waals surface area contributed by atoms with Gasteiger partial charge in [0, 0.05) is 24.0 Å². The number of hydrogen-bond donors (Lipinski definition) is 0. The molecule has 0 fully saturated rings. The Morgan fingerprint density at radius 1 is 1.27 bits per heavy atom. The smallest absolute Gasteiger partial charge is 0.414 e. The number of aromatic nitrogens is 1. The summed E-state index contributed by atoms with van der Waals surface area (Å²) in [5, 5.41) is 0.898. The average Bonchev–Trinajstić information content (AvgIpc) is 2.43. The topological polar surface area (TPSA) is 59.5 Å². The molecular formula is C16H17FN2O3. The number of fused-ring (bicyclic) bond motifs is 1. The van der Waals surface area contributed by atoms with E-state index < -0.39 is 17.5 Å². The van der Waals surface area contributed by atoms with Crippen molar-refractivity contribution in [3.05, 3.63) is 35.9 Å². The van der Waals surface area contributed by atoms with Crippen molar-refractivity contribution < 1.29 is 18.7 Å². The number of ether oxygens (including phenoxy) is 1. The van der Waals surface area contributed by atoms with Gasteiger partial charge in [0.15, 0.2) is 6.29 Å². The van der Waals surface area contributed by atoms with E-state index in [9.17, 15) is 14.0 Å². The second-order valence-corrected chi connectivity index (χ2v) is 5.84. The van der Waals surface area contributed by atoms with Crippen LogP contribution in [0.15, 0.2) is 24.4 Å². The minimum atomic E-state index is -0.693. The van der Waals surface area contributed by atoms with Crippen LogP contribution in [0.1, 0.15) is 31.3 Å². The summed E-state index contributed by atoms with van der Waals surface area (Å²) >= 11 is 0. The lowest BCUT2D eigenvalue weighted by molar-refractivity contribution is 0.0588. The zero-order valence-electron chi connectivity index (χ0n) is 12.9. The molecule has 0 radical (unpaired) electrons. The van der Waals surface area contributed by atoms with Crippen molar-refractivity contribution in [1.29, 1.82) is 0 Å². The summed E-state index contributed by atoms with van der Waals surface area (Å²) in [7, 11) is 1.42. The van der Waals surface area contributed by atoms with E-state index in [0.717, 1.165) is 4.90 Å². The van der Waals surface area contributed by atoms with Crippen molar-refractivity contribution in [2.24, 2.45) is 0 Å². The van der Waals surface area contributed by atoms with Crippen molar-refractivity contribution in [1.82, 2.24) is 4.98 Å². The molecular weight excluding hydrogens is 287 g/mol. The highest BCUT2D eigenvalue weighted by atomic mass is 19.1. The third-order valence-corrected chi connectivity index (χ3v) is 3.01. The van der Waals surface area contributed by atoms with Gasteiger partial charge in [0.1, 0.15) is 17.1 Å². The van der Waals surface area contributed by atoms with Gasteiger partial charge in [-0.15, -0.1) is 0 Å². The summed E-state index contributed by atoms with van der Waals surface area (Å²) in [5.41, 5.74) is -0.448. The van der Waals surface area contributed by atoms with E-state index in [0.29, 0.717) is 17.1 Å². The summed E-state index contributed by atoms with van der Waals surface area (Å²) in [4.78, 5) is 28.2. The normalized spacial score (nSPS) is 11.3. The summed E-state index contributed by atoms with van der Waals surface area (Å²) in [6, 6.07) is 4.22. The number of halogens is 1. The van der Waals surface area contributed by atoms with Crippen molar-refractivity contribution in [2.75, 3.05) is 11.9 Å². The fourth-order valence-electron chi connectivity index (χ4n) is 2.09. The van der Waals surface area contributed by atoms with Gasteiger partial charge in [-0.1, -0.05) is 0 Å². The average molecular weight is 304 g/mol. The Hall–Kier alpha value is -2.50. The molecule has 0 spiro atoms. The van der Waals surface area contributed by atoms with E-state index in [1.165, 1.54) is 25.4 Å². The lowest BCUT2D eigenvalue weighted by atomic mass is 10.1. The fourth-order valence-corrected chi connectivity index (χ4v) is 2.09. The molecule has 1 amide bonds. The van der Waals surface area contributed by atoms with Crippen LogP contribution in [-0.2, 0) is 4.74 Å². The van der Waals surface area contributed by atoms with Crippen molar-refractivity contribution in [2.45, 2.75) is 26.4 Å². The standard InChI is InChI=1S/C16H17FN2O3/c1-16(2,3)22-15(21)19(4)14-11-7-8-18-13(9-20)10(11)5-6-12(14)17/h5-9H,1-4H3. The molecule has 116 valence electrons. The van der Waals surface area contributed by atoms with Crippen LogP contribution in [-0.4, -0.2) is 30.0 Å². The van der Waals surface area contributed by atoms with Crippen LogP contribution in [0.3, 0.4) is 0 Å². The van der Waals surface area contributed by atoms with E-state index in [-0.39, 0.29) is 11.4 Å². The second-order valence-electron chi connectivity index (χ2n) is 5.84. The number of benzene rings is 1. The van der Waals surface area contributed by atoms with Gasteiger partial charge in [-0.3, -0.25) is 14.7 Å². The molecule has 0 atom stereocenters. The lowest BCUT2D eigenvalue weighted by Crippen LogP contribution is -2.34. The van der Waals surface area contributed by atoms with Gasteiger partial charge < -0.3 is 4.74 Å². The lowest BCUT2D eigenvalue weighted by Gasteiger charge is -2.25. The van der Waals surface area contributed by atoms with Crippen LogP contribution in [0, 0.1) is 5.82 Å². The zero-order chi connectivity index (χ0) is 16.5. The predicted octanol–water partition coefficient (Wildman–Crippen LogP) is 3.56. The first-order chi connectivity index (χ1) is 10.2. The highest BCUT2D eigenvalue weighted by molar-refractivity contribution is 6.06. The Morgan fingerprint density at radius 3 is 2.55 bits per heavy atom. The number of rotatable bonds is 2. The highest BCUT2D eigenvalue weighted by Gasteiger charge is 2.24. The molecule has 1 heterocycles. The molecule has 2 aromatic rings. The number of amides is 1. The molecule has 0 N–H and O–H groups in total. The van der Waals surface area contributed by atoms with E-state index in [1.807, 2.05) is 0 Å². The van der Waals surface area contributed by atoms with Gasteiger partial charge >= 0.3 is 6.09 Å². The van der Waals surface area contributed by atoms with Gasteiger partial charge in [-0.05, 0) is 39.0 Å². The second kappa shape index (κ2) is 5.71. The molecule has 0 aliphatic carbocycles. The maximum atomic E-state index is 14.2. The SMILES string of the molecule is CN(C(=O)OC(C)(C)C)c1c(F)ccc2c(C=O)nccc12. The van der Waals surface area contributed by atoms with E-state index in [2.05, 4.69) is 4.98 Å². The van der Waals surface area contributed by atoms with Crippen LogP contribution >= 0.6 is 0 Å². The molecule has 0 bridgehead atoms. The first-order valence-corrected chi connectivity index (χ1v) is 6.73. The molecule has 1 aromatic heterocycles. The van der Waals surface area contributed by atoms with Gasteiger partial charge in [-0.25, -0.2) is 9.18 Å². The van der Waals surface area contributed by atoms with Crippen LogP contribution in [0.4, 0.5) is 14.9 Å². The van der Waals surface area contributed by atoms with Gasteiger partial charge in [0.25, 0.3) is 0 Å². The third-order valence-electron chi connectivity index (χ3n) is 3.01. The third kappa shape index (κ3) is 3.05. The van der Waals surface area contributed by atoms with Gasteiger partial charge in [0.05, 0.1) is 5.69 Å². The Balaban J connectivity index is 2.57. The Morgan fingerprint density at radius 2 is 1.95 bits per heavy atom. The zero-order valence-corrected chi connectivity index (χ0v) is 12.9. The first kappa shape index (κ1) is 15.9. The summed E-state index contributed by atoms with van der Waals surface area (Å²) in [6.07, 6.45) is 1.32. The minimum absolute atomic E-state index is 0.0530. The highest BCUT2D eigenvalue weighted by Crippen LogP contribution is 2.31.